The Hall–Kier alpha value is -2.15. The van der Waals surface area contributed by atoms with Crippen LogP contribution in [0.15, 0.2) is 22.9 Å². The van der Waals surface area contributed by atoms with E-state index in [-0.39, 0.29) is 6.04 Å². The number of urea groups is 1. The van der Waals surface area contributed by atoms with Gasteiger partial charge in [0.25, 0.3) is 5.91 Å². The fourth-order valence-electron chi connectivity index (χ4n) is 2.48. The number of thiophene rings is 1. The van der Waals surface area contributed by atoms with Crippen molar-refractivity contribution < 1.29 is 19.1 Å². The van der Waals surface area contributed by atoms with Gasteiger partial charge in [-0.3, -0.25) is 10.1 Å². The van der Waals surface area contributed by atoms with Crippen molar-refractivity contribution in [3.05, 3.63) is 28.5 Å². The molecule has 1 heterocycles. The summed E-state index contributed by atoms with van der Waals surface area (Å²) in [6.45, 7) is 1.43. The fraction of sp³-hybridized carbons (Fsp3) is 0.471. The van der Waals surface area contributed by atoms with Crippen LogP contribution in [0.3, 0.4) is 0 Å². The van der Waals surface area contributed by atoms with Gasteiger partial charge in [-0.25, -0.2) is 9.59 Å². The predicted molar refractivity (Wildman–Crippen MR) is 92.5 cm³/mol. The SMILES string of the molecule is C[C@@H](OC(=O)/C=C/c1ccsc1)C(=O)NC(=O)NC1CCCCC1. The second-order valence-electron chi connectivity index (χ2n) is 5.77. The van der Waals surface area contributed by atoms with Crippen LogP contribution in [0, 0.1) is 0 Å². The minimum absolute atomic E-state index is 0.109. The van der Waals surface area contributed by atoms with Crippen LogP contribution in [0.1, 0.15) is 44.6 Å². The predicted octanol–water partition coefficient (Wildman–Crippen LogP) is 2.85. The first-order chi connectivity index (χ1) is 11.5. The van der Waals surface area contributed by atoms with Gasteiger partial charge < -0.3 is 10.1 Å². The highest BCUT2D eigenvalue weighted by molar-refractivity contribution is 7.08. The van der Waals surface area contributed by atoms with Crippen molar-refractivity contribution in [2.24, 2.45) is 0 Å². The lowest BCUT2D eigenvalue weighted by Crippen LogP contribution is -2.48. The Bertz CT molecular complexity index is 592. The molecular weight excluding hydrogens is 328 g/mol. The number of hydrogen-bond donors (Lipinski definition) is 2. The number of hydrogen-bond acceptors (Lipinski definition) is 5. The van der Waals surface area contributed by atoms with Gasteiger partial charge in [0.2, 0.25) is 0 Å². The highest BCUT2D eigenvalue weighted by atomic mass is 32.1. The number of amides is 3. The Morgan fingerprint density at radius 3 is 2.71 bits per heavy atom. The molecule has 0 bridgehead atoms. The molecule has 1 atom stereocenters. The molecule has 2 N–H and O–H groups in total. The highest BCUT2D eigenvalue weighted by Crippen LogP contribution is 2.17. The number of rotatable bonds is 5. The second-order valence-corrected chi connectivity index (χ2v) is 6.55. The van der Waals surface area contributed by atoms with E-state index in [1.54, 1.807) is 6.08 Å². The van der Waals surface area contributed by atoms with E-state index >= 15 is 0 Å². The summed E-state index contributed by atoms with van der Waals surface area (Å²) in [5, 5.41) is 8.77. The number of nitrogens with one attached hydrogen (secondary N) is 2. The van der Waals surface area contributed by atoms with Gasteiger partial charge >= 0.3 is 12.0 Å². The van der Waals surface area contributed by atoms with Crippen LogP contribution in [-0.4, -0.2) is 30.1 Å². The van der Waals surface area contributed by atoms with E-state index in [9.17, 15) is 14.4 Å². The topological polar surface area (TPSA) is 84.5 Å². The summed E-state index contributed by atoms with van der Waals surface area (Å²) in [5.41, 5.74) is 0.890. The zero-order valence-corrected chi connectivity index (χ0v) is 14.4. The van der Waals surface area contributed by atoms with E-state index in [0.29, 0.717) is 0 Å². The molecule has 0 spiro atoms. The largest absolute Gasteiger partial charge is 0.449 e. The van der Waals surface area contributed by atoms with Crippen LogP contribution < -0.4 is 10.6 Å². The first kappa shape index (κ1) is 18.2. The Balaban J connectivity index is 1.72. The molecule has 1 aliphatic carbocycles. The molecule has 2 rings (SSSR count). The lowest BCUT2D eigenvalue weighted by atomic mass is 9.96. The molecule has 1 aromatic heterocycles. The Morgan fingerprint density at radius 1 is 1.29 bits per heavy atom. The first-order valence-electron chi connectivity index (χ1n) is 8.07. The average molecular weight is 350 g/mol. The smallest absolute Gasteiger partial charge is 0.331 e. The van der Waals surface area contributed by atoms with E-state index in [2.05, 4.69) is 10.6 Å². The Morgan fingerprint density at radius 2 is 2.04 bits per heavy atom. The number of carbonyl (C=O) groups excluding carboxylic acids is 3. The average Bonchev–Trinajstić information content (AvgIpc) is 3.07. The van der Waals surface area contributed by atoms with Crippen molar-refractivity contribution >= 4 is 35.3 Å². The van der Waals surface area contributed by atoms with Crippen molar-refractivity contribution in [1.82, 2.24) is 10.6 Å². The van der Waals surface area contributed by atoms with Crippen molar-refractivity contribution in [2.75, 3.05) is 0 Å². The maximum absolute atomic E-state index is 11.9. The van der Waals surface area contributed by atoms with E-state index in [4.69, 9.17) is 4.74 Å². The summed E-state index contributed by atoms with van der Waals surface area (Å²) in [6.07, 6.45) is 7.05. The van der Waals surface area contributed by atoms with E-state index in [0.717, 1.165) is 31.2 Å². The maximum Gasteiger partial charge on any atom is 0.331 e. The van der Waals surface area contributed by atoms with Gasteiger partial charge in [0.05, 0.1) is 0 Å². The molecular formula is C17H22N2O4S. The summed E-state index contributed by atoms with van der Waals surface area (Å²) in [7, 11) is 0. The third-order valence-corrected chi connectivity index (χ3v) is 4.50. The molecule has 0 aromatic carbocycles. The van der Waals surface area contributed by atoms with E-state index in [1.807, 2.05) is 16.8 Å². The fourth-order valence-corrected chi connectivity index (χ4v) is 3.11. The molecule has 0 aliphatic heterocycles. The second kappa shape index (κ2) is 9.22. The van der Waals surface area contributed by atoms with Crippen LogP contribution in [-0.2, 0) is 14.3 Å². The van der Waals surface area contributed by atoms with Crippen LogP contribution in [0.2, 0.25) is 0 Å². The summed E-state index contributed by atoms with van der Waals surface area (Å²) < 4.78 is 4.99. The Labute approximate surface area is 145 Å². The number of carbonyl (C=O) groups is 3. The van der Waals surface area contributed by atoms with Crippen molar-refractivity contribution in [1.29, 1.82) is 0 Å². The van der Waals surface area contributed by atoms with Gasteiger partial charge in [0.15, 0.2) is 6.10 Å². The minimum atomic E-state index is -1.04. The molecule has 24 heavy (non-hydrogen) atoms. The molecule has 130 valence electrons. The van der Waals surface area contributed by atoms with Crippen molar-refractivity contribution in [3.8, 4) is 0 Å². The van der Waals surface area contributed by atoms with Gasteiger partial charge in [-0.15, -0.1) is 0 Å². The molecule has 7 heteroatoms. The quantitative estimate of drug-likeness (QED) is 0.632. The van der Waals surface area contributed by atoms with Crippen LogP contribution in [0.5, 0.6) is 0 Å². The third-order valence-electron chi connectivity index (χ3n) is 3.79. The summed E-state index contributed by atoms with van der Waals surface area (Å²) in [6, 6.07) is 1.43. The van der Waals surface area contributed by atoms with Gasteiger partial charge in [-0.2, -0.15) is 11.3 Å². The normalized spacial score (nSPS) is 16.5. The molecule has 3 amide bonds. The molecule has 1 saturated carbocycles. The lowest BCUT2D eigenvalue weighted by Gasteiger charge is -2.23. The third kappa shape index (κ3) is 6.16. The van der Waals surface area contributed by atoms with E-state index < -0.39 is 24.0 Å². The summed E-state index contributed by atoms with van der Waals surface area (Å²) in [5.74, 6) is -1.27. The zero-order chi connectivity index (χ0) is 17.4. The van der Waals surface area contributed by atoms with Crippen LogP contribution >= 0.6 is 11.3 Å². The lowest BCUT2D eigenvalue weighted by molar-refractivity contribution is -0.149. The van der Waals surface area contributed by atoms with E-state index in [1.165, 1.54) is 30.8 Å². The van der Waals surface area contributed by atoms with Gasteiger partial charge in [0, 0.05) is 12.1 Å². The molecule has 6 nitrogen and oxygen atoms in total. The number of esters is 1. The first-order valence-corrected chi connectivity index (χ1v) is 9.01. The molecule has 1 fully saturated rings. The van der Waals surface area contributed by atoms with Crippen molar-refractivity contribution in [3.63, 3.8) is 0 Å². The number of ether oxygens (including phenoxy) is 1. The monoisotopic (exact) mass is 350 g/mol. The highest BCUT2D eigenvalue weighted by Gasteiger charge is 2.21. The summed E-state index contributed by atoms with van der Waals surface area (Å²) in [4.78, 5) is 35.4. The van der Waals surface area contributed by atoms with Gasteiger partial charge in [-0.1, -0.05) is 19.3 Å². The molecule has 0 saturated heterocycles. The van der Waals surface area contributed by atoms with Gasteiger partial charge in [-0.05, 0) is 48.2 Å². The number of imide groups is 1. The molecule has 1 aliphatic rings. The van der Waals surface area contributed by atoms with Crippen LogP contribution in [0.25, 0.3) is 6.08 Å². The zero-order valence-electron chi connectivity index (χ0n) is 13.6. The van der Waals surface area contributed by atoms with Crippen LogP contribution in [0.4, 0.5) is 4.79 Å². The molecule has 0 radical (unpaired) electrons. The standard InChI is InChI=1S/C17H22N2O4S/c1-12(23-15(20)8-7-13-9-10-24-11-13)16(21)19-17(22)18-14-5-3-2-4-6-14/h7-12,14H,2-6H2,1H3,(H2,18,19,21,22)/b8-7+/t12-/m1/s1. The summed E-state index contributed by atoms with van der Waals surface area (Å²) >= 11 is 1.52. The van der Waals surface area contributed by atoms with Gasteiger partial charge in [0.1, 0.15) is 0 Å². The molecule has 0 unspecified atom stereocenters. The molecule has 1 aromatic rings. The maximum atomic E-state index is 11.9. The van der Waals surface area contributed by atoms with Crippen molar-refractivity contribution in [2.45, 2.75) is 51.2 Å². The minimum Gasteiger partial charge on any atom is -0.449 e. The Kier molecular flexibility index (Phi) is 6.99.